The Morgan fingerprint density at radius 2 is 2.16 bits per heavy atom. The standard InChI is InChI=1S/C17H19NO/c1-17-8-4-5-11(10-17)9-14(19)16-15(17)12-6-2-3-7-13(12)18-16/h2-3,6-7,11,18H,4-5,8-10H2,1H3. The van der Waals surface area contributed by atoms with Crippen LogP contribution in [0.25, 0.3) is 10.9 Å². The number of para-hydroxylation sites is 1. The summed E-state index contributed by atoms with van der Waals surface area (Å²) in [5.74, 6) is 0.910. The molecule has 2 bridgehead atoms. The summed E-state index contributed by atoms with van der Waals surface area (Å²) < 4.78 is 0. The molecule has 0 aliphatic heterocycles. The van der Waals surface area contributed by atoms with E-state index in [1.54, 1.807) is 0 Å². The Bertz CT molecular complexity index is 669. The number of ketones is 1. The zero-order valence-corrected chi connectivity index (χ0v) is 11.3. The van der Waals surface area contributed by atoms with Crippen molar-refractivity contribution in [1.82, 2.24) is 4.98 Å². The predicted octanol–water partition coefficient (Wildman–Crippen LogP) is 4.20. The molecule has 19 heavy (non-hydrogen) atoms. The van der Waals surface area contributed by atoms with E-state index in [4.69, 9.17) is 0 Å². The van der Waals surface area contributed by atoms with Gasteiger partial charge < -0.3 is 4.98 Å². The predicted molar refractivity (Wildman–Crippen MR) is 76.6 cm³/mol. The highest BCUT2D eigenvalue weighted by Crippen LogP contribution is 2.49. The van der Waals surface area contributed by atoms with Gasteiger partial charge in [0, 0.05) is 17.3 Å². The minimum absolute atomic E-state index is 0.185. The molecule has 4 rings (SSSR count). The fourth-order valence-electron chi connectivity index (χ4n) is 4.37. The SMILES string of the molecule is CC12CCCC(CC(=O)c3[nH]c4ccccc4c31)C2. The molecule has 0 radical (unpaired) electrons. The number of hydrogen-bond acceptors (Lipinski definition) is 1. The Morgan fingerprint density at radius 3 is 3.05 bits per heavy atom. The van der Waals surface area contributed by atoms with E-state index >= 15 is 0 Å². The molecule has 2 atom stereocenters. The normalized spacial score (nSPS) is 30.2. The summed E-state index contributed by atoms with van der Waals surface area (Å²) in [5.41, 5.74) is 3.50. The van der Waals surface area contributed by atoms with Crippen molar-refractivity contribution in [2.24, 2.45) is 5.92 Å². The lowest BCUT2D eigenvalue weighted by Gasteiger charge is -2.36. The van der Waals surface area contributed by atoms with Crippen molar-refractivity contribution in [2.75, 3.05) is 0 Å². The number of aromatic amines is 1. The second-order valence-corrected chi connectivity index (χ2v) is 6.57. The maximum Gasteiger partial charge on any atom is 0.179 e. The third kappa shape index (κ3) is 1.52. The van der Waals surface area contributed by atoms with Gasteiger partial charge in [-0.15, -0.1) is 0 Å². The van der Waals surface area contributed by atoms with Crippen LogP contribution in [-0.2, 0) is 5.41 Å². The quantitative estimate of drug-likeness (QED) is 0.749. The Morgan fingerprint density at radius 1 is 1.32 bits per heavy atom. The summed E-state index contributed by atoms with van der Waals surface area (Å²) in [4.78, 5) is 15.9. The van der Waals surface area contributed by atoms with E-state index in [0.717, 1.165) is 17.6 Å². The molecule has 1 fully saturated rings. The number of nitrogens with one attached hydrogen (secondary N) is 1. The first-order valence-electron chi connectivity index (χ1n) is 7.32. The molecule has 1 heterocycles. The van der Waals surface area contributed by atoms with Crippen LogP contribution in [0.4, 0.5) is 0 Å². The smallest absolute Gasteiger partial charge is 0.179 e. The molecule has 0 amide bonds. The molecule has 1 aromatic carbocycles. The summed E-state index contributed by atoms with van der Waals surface area (Å²) in [6.45, 7) is 2.36. The molecule has 1 saturated carbocycles. The van der Waals surface area contributed by atoms with E-state index < -0.39 is 0 Å². The number of carbonyl (C=O) groups excluding carboxylic acids is 1. The fraction of sp³-hybridized carbons (Fsp3) is 0.471. The Kier molecular flexibility index (Phi) is 2.21. The van der Waals surface area contributed by atoms with Gasteiger partial charge in [0.2, 0.25) is 0 Å². The maximum absolute atomic E-state index is 12.5. The van der Waals surface area contributed by atoms with E-state index in [1.165, 1.54) is 36.6 Å². The van der Waals surface area contributed by atoms with Crippen molar-refractivity contribution in [3.63, 3.8) is 0 Å². The highest BCUT2D eigenvalue weighted by molar-refractivity contribution is 6.03. The number of hydrogen-bond donors (Lipinski definition) is 1. The summed E-state index contributed by atoms with van der Waals surface area (Å²) in [6, 6.07) is 8.36. The van der Waals surface area contributed by atoms with Gasteiger partial charge in [0.15, 0.2) is 5.78 Å². The molecule has 0 saturated heterocycles. The van der Waals surface area contributed by atoms with Crippen LogP contribution in [-0.4, -0.2) is 10.8 Å². The lowest BCUT2D eigenvalue weighted by atomic mass is 9.67. The monoisotopic (exact) mass is 253 g/mol. The van der Waals surface area contributed by atoms with Gasteiger partial charge in [-0.2, -0.15) is 0 Å². The van der Waals surface area contributed by atoms with Crippen LogP contribution < -0.4 is 0 Å². The molecular formula is C17H19NO. The van der Waals surface area contributed by atoms with Crippen molar-refractivity contribution in [1.29, 1.82) is 0 Å². The van der Waals surface area contributed by atoms with Gasteiger partial charge in [-0.25, -0.2) is 0 Å². The first-order valence-corrected chi connectivity index (χ1v) is 7.32. The highest BCUT2D eigenvalue weighted by Gasteiger charge is 2.41. The largest absolute Gasteiger partial charge is 0.352 e. The minimum Gasteiger partial charge on any atom is -0.352 e. The fourth-order valence-corrected chi connectivity index (χ4v) is 4.37. The van der Waals surface area contributed by atoms with Crippen LogP contribution in [0, 0.1) is 5.92 Å². The van der Waals surface area contributed by atoms with E-state index in [0.29, 0.717) is 11.7 Å². The van der Waals surface area contributed by atoms with Crippen molar-refractivity contribution < 1.29 is 4.79 Å². The molecule has 2 heteroatoms. The van der Waals surface area contributed by atoms with Crippen LogP contribution in [0.2, 0.25) is 0 Å². The molecule has 2 aliphatic rings. The van der Waals surface area contributed by atoms with Crippen LogP contribution in [0.15, 0.2) is 24.3 Å². The highest BCUT2D eigenvalue weighted by atomic mass is 16.1. The second kappa shape index (κ2) is 3.72. The maximum atomic E-state index is 12.5. The van der Waals surface area contributed by atoms with Crippen molar-refractivity contribution in [2.45, 2.75) is 44.4 Å². The number of H-pyrrole nitrogens is 1. The third-order valence-corrected chi connectivity index (χ3v) is 5.14. The summed E-state index contributed by atoms with van der Waals surface area (Å²) in [6.07, 6.45) is 5.60. The van der Waals surface area contributed by atoms with Gasteiger partial charge in [0.05, 0.1) is 5.69 Å². The van der Waals surface area contributed by atoms with E-state index in [-0.39, 0.29) is 5.41 Å². The number of Topliss-reactive ketones (excluding diaryl/α,β-unsaturated/α-hetero) is 1. The number of rotatable bonds is 0. The molecule has 2 aromatic rings. The molecule has 2 nitrogen and oxygen atoms in total. The topological polar surface area (TPSA) is 32.9 Å². The van der Waals surface area contributed by atoms with Gasteiger partial charge in [0.1, 0.15) is 0 Å². The number of aromatic nitrogens is 1. The van der Waals surface area contributed by atoms with Gasteiger partial charge >= 0.3 is 0 Å². The van der Waals surface area contributed by atoms with E-state index in [1.807, 2.05) is 6.07 Å². The molecule has 98 valence electrons. The summed E-state index contributed by atoms with van der Waals surface area (Å²) >= 11 is 0. The summed E-state index contributed by atoms with van der Waals surface area (Å²) in [5, 5.41) is 1.26. The Labute approximate surface area is 113 Å². The lowest BCUT2D eigenvalue weighted by molar-refractivity contribution is 0.0949. The molecule has 0 spiro atoms. The number of benzene rings is 1. The zero-order valence-electron chi connectivity index (χ0n) is 11.3. The van der Waals surface area contributed by atoms with Crippen LogP contribution >= 0.6 is 0 Å². The molecule has 2 unspecified atom stereocenters. The van der Waals surface area contributed by atoms with E-state index in [2.05, 4.69) is 30.1 Å². The van der Waals surface area contributed by atoms with Crippen LogP contribution in [0.3, 0.4) is 0 Å². The van der Waals surface area contributed by atoms with Crippen molar-refractivity contribution in [3.05, 3.63) is 35.5 Å². The average Bonchev–Trinajstić information content (AvgIpc) is 2.75. The minimum atomic E-state index is 0.185. The first-order chi connectivity index (χ1) is 9.17. The average molecular weight is 253 g/mol. The van der Waals surface area contributed by atoms with E-state index in [9.17, 15) is 4.79 Å². The first kappa shape index (κ1) is 11.3. The van der Waals surface area contributed by atoms with Gasteiger partial charge in [0.25, 0.3) is 0 Å². The Balaban J connectivity index is 2.05. The second-order valence-electron chi connectivity index (χ2n) is 6.57. The van der Waals surface area contributed by atoms with Gasteiger partial charge in [-0.05, 0) is 42.2 Å². The lowest BCUT2D eigenvalue weighted by Crippen LogP contribution is -2.28. The van der Waals surface area contributed by atoms with Crippen LogP contribution in [0.1, 0.15) is 55.1 Å². The molecule has 2 aliphatic carbocycles. The van der Waals surface area contributed by atoms with Gasteiger partial charge in [-0.3, -0.25) is 4.79 Å². The van der Waals surface area contributed by atoms with Crippen molar-refractivity contribution in [3.8, 4) is 0 Å². The molecule has 1 aromatic heterocycles. The van der Waals surface area contributed by atoms with Crippen LogP contribution in [0.5, 0.6) is 0 Å². The zero-order chi connectivity index (χ0) is 13.0. The molecular weight excluding hydrogens is 234 g/mol. The Hall–Kier alpha value is -1.57. The summed E-state index contributed by atoms with van der Waals surface area (Å²) in [7, 11) is 0. The van der Waals surface area contributed by atoms with Gasteiger partial charge in [-0.1, -0.05) is 31.5 Å². The molecule has 1 N–H and O–H groups in total. The van der Waals surface area contributed by atoms with Crippen molar-refractivity contribution >= 4 is 16.7 Å². The third-order valence-electron chi connectivity index (χ3n) is 5.14. The number of fused-ring (bicyclic) bond motifs is 6. The number of carbonyl (C=O) groups is 1.